The van der Waals surface area contributed by atoms with Gasteiger partial charge in [-0.05, 0) is 29.9 Å². The van der Waals surface area contributed by atoms with Crippen LogP contribution in [0, 0.1) is 5.92 Å². The smallest absolute Gasteiger partial charge is 0.326 e. The number of amides is 1. The number of thiocarbonyl (C=S) groups is 1. The molecule has 0 saturated carbocycles. The molecule has 4 nitrogen and oxygen atoms in total. The summed E-state index contributed by atoms with van der Waals surface area (Å²) in [7, 11) is 0. The molecular formula is C14H15NO3S3. The van der Waals surface area contributed by atoms with Crippen LogP contribution in [-0.4, -0.2) is 32.2 Å². The van der Waals surface area contributed by atoms with Gasteiger partial charge in [-0.3, -0.25) is 9.69 Å². The molecule has 1 N–H and O–H groups in total. The second-order valence-corrected chi connectivity index (χ2v) is 7.71. The van der Waals surface area contributed by atoms with E-state index in [1.54, 1.807) is 6.08 Å². The summed E-state index contributed by atoms with van der Waals surface area (Å²) in [5, 5.41) is 11.3. The number of carbonyl (C=O) groups excluding carboxylic acids is 1. The maximum absolute atomic E-state index is 12.5. The molecule has 2 heterocycles. The number of nitrogens with zero attached hydrogens (tertiary/aromatic N) is 1. The van der Waals surface area contributed by atoms with Crippen LogP contribution in [0.15, 0.2) is 22.4 Å². The molecule has 1 atom stereocenters. The average Bonchev–Trinajstić information content (AvgIpc) is 2.97. The molecule has 0 radical (unpaired) electrons. The van der Waals surface area contributed by atoms with E-state index < -0.39 is 12.0 Å². The zero-order valence-electron chi connectivity index (χ0n) is 11.6. The van der Waals surface area contributed by atoms with E-state index in [0.29, 0.717) is 15.6 Å². The number of carbonyl (C=O) groups is 2. The van der Waals surface area contributed by atoms with Crippen molar-refractivity contribution in [1.82, 2.24) is 4.90 Å². The van der Waals surface area contributed by atoms with Gasteiger partial charge in [0.2, 0.25) is 0 Å². The van der Waals surface area contributed by atoms with Crippen LogP contribution in [0.5, 0.6) is 0 Å². The largest absolute Gasteiger partial charge is 0.480 e. The average molecular weight is 341 g/mol. The maximum Gasteiger partial charge on any atom is 0.326 e. The van der Waals surface area contributed by atoms with Gasteiger partial charge in [0.25, 0.3) is 5.91 Å². The molecule has 1 aliphatic rings. The molecule has 1 amide bonds. The highest BCUT2D eigenvalue weighted by Gasteiger charge is 2.40. The minimum atomic E-state index is -1.02. The van der Waals surface area contributed by atoms with Crippen molar-refractivity contribution in [3.8, 4) is 0 Å². The third-order valence-corrected chi connectivity index (χ3v) is 5.08. The van der Waals surface area contributed by atoms with E-state index in [0.717, 1.165) is 4.88 Å². The van der Waals surface area contributed by atoms with Crippen LogP contribution in [0.2, 0.25) is 0 Å². The number of rotatable bonds is 5. The Kier molecular flexibility index (Phi) is 5.18. The quantitative estimate of drug-likeness (QED) is 0.657. The highest BCUT2D eigenvalue weighted by Crippen LogP contribution is 2.35. The summed E-state index contributed by atoms with van der Waals surface area (Å²) < 4.78 is 0.316. The molecule has 1 aromatic heterocycles. The SMILES string of the molecule is CC(C)CC(C(=O)O)N1C(=O)C(=Cc2cccs2)SC1=S. The number of hydrogen-bond acceptors (Lipinski definition) is 5. The van der Waals surface area contributed by atoms with Gasteiger partial charge in [0.15, 0.2) is 0 Å². The normalized spacial score (nSPS) is 18.8. The zero-order valence-corrected chi connectivity index (χ0v) is 14.1. The second-order valence-electron chi connectivity index (χ2n) is 5.05. The Bertz CT molecular complexity index is 593. The number of carboxylic acid groups (broad SMARTS) is 1. The van der Waals surface area contributed by atoms with Crippen molar-refractivity contribution in [2.75, 3.05) is 0 Å². The van der Waals surface area contributed by atoms with Crippen LogP contribution in [0.3, 0.4) is 0 Å². The van der Waals surface area contributed by atoms with E-state index in [2.05, 4.69) is 0 Å². The van der Waals surface area contributed by atoms with Crippen molar-refractivity contribution in [1.29, 1.82) is 0 Å². The molecule has 2 rings (SSSR count). The summed E-state index contributed by atoms with van der Waals surface area (Å²) in [6, 6.07) is 2.91. The van der Waals surface area contributed by atoms with Crippen LogP contribution in [0.25, 0.3) is 6.08 Å². The number of aliphatic carboxylic acids is 1. The number of thiophene rings is 1. The van der Waals surface area contributed by atoms with E-state index in [-0.39, 0.29) is 11.8 Å². The molecule has 1 aromatic rings. The molecule has 0 spiro atoms. The van der Waals surface area contributed by atoms with Crippen molar-refractivity contribution in [2.45, 2.75) is 26.3 Å². The van der Waals surface area contributed by atoms with E-state index in [9.17, 15) is 14.7 Å². The lowest BCUT2D eigenvalue weighted by atomic mass is 10.0. The molecule has 0 aromatic carbocycles. The molecule has 0 bridgehead atoms. The predicted octanol–water partition coefficient (Wildman–Crippen LogP) is 3.45. The van der Waals surface area contributed by atoms with Gasteiger partial charge in [0.05, 0.1) is 4.91 Å². The van der Waals surface area contributed by atoms with E-state index in [1.165, 1.54) is 28.0 Å². The Hall–Kier alpha value is -1.18. The lowest BCUT2D eigenvalue weighted by Gasteiger charge is -2.24. The molecule has 1 unspecified atom stereocenters. The Morgan fingerprint density at radius 3 is 2.76 bits per heavy atom. The lowest BCUT2D eigenvalue weighted by Crippen LogP contribution is -2.44. The number of hydrogen-bond donors (Lipinski definition) is 1. The fourth-order valence-corrected chi connectivity index (χ4v) is 4.09. The minimum absolute atomic E-state index is 0.164. The number of thioether (sulfide) groups is 1. The highest BCUT2D eigenvalue weighted by molar-refractivity contribution is 8.26. The van der Waals surface area contributed by atoms with Crippen molar-refractivity contribution in [2.24, 2.45) is 5.92 Å². The third kappa shape index (κ3) is 3.72. The first-order valence-electron chi connectivity index (χ1n) is 6.43. The lowest BCUT2D eigenvalue weighted by molar-refractivity contribution is -0.145. The zero-order chi connectivity index (χ0) is 15.6. The molecule has 1 saturated heterocycles. The second kappa shape index (κ2) is 6.72. The van der Waals surface area contributed by atoms with Gasteiger partial charge >= 0.3 is 5.97 Å². The summed E-state index contributed by atoms with van der Waals surface area (Å²) in [5.74, 6) is -1.17. The Morgan fingerprint density at radius 1 is 1.52 bits per heavy atom. The summed E-state index contributed by atoms with van der Waals surface area (Å²) in [6.07, 6.45) is 2.15. The van der Waals surface area contributed by atoms with E-state index in [4.69, 9.17) is 12.2 Å². The van der Waals surface area contributed by atoms with Gasteiger partial charge in [-0.25, -0.2) is 4.79 Å². The highest BCUT2D eigenvalue weighted by atomic mass is 32.2. The van der Waals surface area contributed by atoms with Gasteiger partial charge in [-0.2, -0.15) is 0 Å². The van der Waals surface area contributed by atoms with Gasteiger partial charge in [0.1, 0.15) is 10.4 Å². The third-order valence-electron chi connectivity index (χ3n) is 2.93. The van der Waals surface area contributed by atoms with Gasteiger partial charge in [0, 0.05) is 4.88 Å². The van der Waals surface area contributed by atoms with Gasteiger partial charge < -0.3 is 5.11 Å². The van der Waals surface area contributed by atoms with Crippen LogP contribution < -0.4 is 0 Å². The van der Waals surface area contributed by atoms with Crippen molar-refractivity contribution >= 4 is 57.6 Å². The van der Waals surface area contributed by atoms with Gasteiger partial charge in [-0.15, -0.1) is 11.3 Å². The topological polar surface area (TPSA) is 57.6 Å². The Balaban J connectivity index is 2.27. The fraction of sp³-hybridized carbons (Fsp3) is 0.357. The van der Waals surface area contributed by atoms with Crippen LogP contribution in [0.4, 0.5) is 0 Å². The number of carboxylic acids is 1. The summed E-state index contributed by atoms with van der Waals surface area (Å²) in [4.78, 5) is 26.6. The van der Waals surface area contributed by atoms with E-state index in [1.807, 2.05) is 31.4 Å². The molecule has 1 aliphatic heterocycles. The molecule has 21 heavy (non-hydrogen) atoms. The molecule has 112 valence electrons. The summed E-state index contributed by atoms with van der Waals surface area (Å²) >= 11 is 7.89. The molecule has 0 aliphatic carbocycles. The Labute approximate surface area is 136 Å². The first-order valence-corrected chi connectivity index (χ1v) is 8.54. The first kappa shape index (κ1) is 16.2. The van der Waals surface area contributed by atoms with E-state index >= 15 is 0 Å². The van der Waals surface area contributed by atoms with Crippen LogP contribution >= 0.6 is 35.3 Å². The standard InChI is InChI=1S/C14H15NO3S3/c1-8(2)6-10(13(17)18)15-12(16)11(21-14(15)19)7-9-4-3-5-20-9/h3-5,7-8,10H,6H2,1-2H3,(H,17,18). The van der Waals surface area contributed by atoms with Crippen LogP contribution in [0.1, 0.15) is 25.1 Å². The monoisotopic (exact) mass is 341 g/mol. The summed E-state index contributed by atoms with van der Waals surface area (Å²) in [5.41, 5.74) is 0. The van der Waals surface area contributed by atoms with Crippen molar-refractivity contribution in [3.05, 3.63) is 27.3 Å². The van der Waals surface area contributed by atoms with Crippen LogP contribution in [-0.2, 0) is 9.59 Å². The fourth-order valence-electron chi connectivity index (χ4n) is 2.01. The van der Waals surface area contributed by atoms with Crippen molar-refractivity contribution < 1.29 is 14.7 Å². The van der Waals surface area contributed by atoms with Crippen molar-refractivity contribution in [3.63, 3.8) is 0 Å². The summed E-state index contributed by atoms with van der Waals surface area (Å²) in [6.45, 7) is 3.85. The maximum atomic E-state index is 12.5. The molecule has 1 fully saturated rings. The minimum Gasteiger partial charge on any atom is -0.480 e. The van der Waals surface area contributed by atoms with Gasteiger partial charge in [-0.1, -0.05) is 43.9 Å². The Morgan fingerprint density at radius 2 is 2.24 bits per heavy atom. The predicted molar refractivity (Wildman–Crippen MR) is 90.2 cm³/mol. The molecular weight excluding hydrogens is 326 g/mol. The molecule has 7 heteroatoms. The first-order chi connectivity index (χ1) is 9.90.